The number of rotatable bonds is 9. The molecule has 21 heavy (non-hydrogen) atoms. The topological polar surface area (TPSA) is 72.4 Å². The van der Waals surface area contributed by atoms with Crippen molar-refractivity contribution >= 4 is 11.9 Å². The maximum absolute atomic E-state index is 5.64. The van der Waals surface area contributed by atoms with Gasteiger partial charge in [0.25, 0.3) is 0 Å². The summed E-state index contributed by atoms with van der Waals surface area (Å²) in [6.07, 6.45) is 2.65. The lowest BCUT2D eigenvalue weighted by Crippen LogP contribution is -2.26. The van der Waals surface area contributed by atoms with Crippen molar-refractivity contribution in [2.75, 3.05) is 44.1 Å². The monoisotopic (exact) mass is 295 g/mol. The molecule has 1 N–H and O–H groups in total. The average Bonchev–Trinajstić information content (AvgIpc) is 3.26. The van der Waals surface area contributed by atoms with E-state index in [1.807, 2.05) is 25.8 Å². The van der Waals surface area contributed by atoms with Crippen molar-refractivity contribution in [3.63, 3.8) is 0 Å². The van der Waals surface area contributed by atoms with E-state index in [1.165, 1.54) is 12.8 Å². The smallest absolute Gasteiger partial charge is 0.323 e. The standard InChI is InChI=1S/C14H25N5O2/c1-10(2)21-14-17-12(15-3)16-13(18-14)19(4)7-8-20-9-11-5-6-11/h10-11H,5-9H2,1-4H3,(H,15,16,17,18). The molecule has 0 radical (unpaired) electrons. The average molecular weight is 295 g/mol. The molecule has 0 bridgehead atoms. The molecule has 0 atom stereocenters. The SMILES string of the molecule is CNc1nc(OC(C)C)nc(N(C)CCOCC2CC2)n1. The maximum atomic E-state index is 5.64. The minimum absolute atomic E-state index is 0.0251. The van der Waals surface area contributed by atoms with Crippen LogP contribution >= 0.6 is 0 Å². The molecule has 1 aromatic rings. The lowest BCUT2D eigenvalue weighted by molar-refractivity contribution is 0.130. The van der Waals surface area contributed by atoms with Crippen LogP contribution in [0.5, 0.6) is 6.01 Å². The van der Waals surface area contributed by atoms with E-state index in [1.54, 1.807) is 7.05 Å². The summed E-state index contributed by atoms with van der Waals surface area (Å²) in [4.78, 5) is 14.8. The van der Waals surface area contributed by atoms with Gasteiger partial charge < -0.3 is 19.7 Å². The molecular formula is C14H25N5O2. The number of nitrogens with zero attached hydrogens (tertiary/aromatic N) is 4. The zero-order valence-corrected chi connectivity index (χ0v) is 13.3. The van der Waals surface area contributed by atoms with Gasteiger partial charge in [-0.1, -0.05) is 0 Å². The van der Waals surface area contributed by atoms with Gasteiger partial charge in [0.05, 0.1) is 12.7 Å². The summed E-state index contributed by atoms with van der Waals surface area (Å²) in [5.41, 5.74) is 0. The van der Waals surface area contributed by atoms with Gasteiger partial charge in [-0.25, -0.2) is 0 Å². The number of likely N-dealkylation sites (N-methyl/N-ethyl adjacent to an activating group) is 1. The molecule has 0 aliphatic heterocycles. The fourth-order valence-corrected chi connectivity index (χ4v) is 1.73. The van der Waals surface area contributed by atoms with E-state index < -0.39 is 0 Å². The van der Waals surface area contributed by atoms with E-state index in [0.717, 1.165) is 19.1 Å². The number of ether oxygens (including phenoxy) is 2. The summed E-state index contributed by atoms with van der Waals surface area (Å²) in [5, 5.41) is 2.93. The second-order valence-electron chi connectivity index (χ2n) is 5.60. The van der Waals surface area contributed by atoms with Gasteiger partial charge in [-0.3, -0.25) is 0 Å². The Balaban J connectivity index is 1.91. The molecule has 0 aromatic carbocycles. The first-order chi connectivity index (χ1) is 10.1. The lowest BCUT2D eigenvalue weighted by atomic mass is 10.5. The summed E-state index contributed by atoms with van der Waals surface area (Å²) in [7, 11) is 3.71. The lowest BCUT2D eigenvalue weighted by Gasteiger charge is -2.18. The molecule has 0 spiro atoms. The Hall–Kier alpha value is -1.63. The third-order valence-corrected chi connectivity index (χ3v) is 3.13. The van der Waals surface area contributed by atoms with E-state index in [0.29, 0.717) is 24.5 Å². The molecule has 1 aliphatic rings. The van der Waals surface area contributed by atoms with Gasteiger partial charge in [0.1, 0.15) is 0 Å². The van der Waals surface area contributed by atoms with Crippen LogP contribution in [0.25, 0.3) is 0 Å². The van der Waals surface area contributed by atoms with Crippen molar-refractivity contribution < 1.29 is 9.47 Å². The quantitative estimate of drug-likeness (QED) is 0.693. The minimum Gasteiger partial charge on any atom is -0.461 e. The van der Waals surface area contributed by atoms with Crippen LogP contribution in [0.3, 0.4) is 0 Å². The Kier molecular flexibility index (Phi) is 5.55. The second-order valence-corrected chi connectivity index (χ2v) is 5.60. The van der Waals surface area contributed by atoms with Crippen LogP contribution in [-0.4, -0.2) is 54.9 Å². The first-order valence-corrected chi connectivity index (χ1v) is 7.48. The Morgan fingerprint density at radius 1 is 1.29 bits per heavy atom. The molecule has 7 heteroatoms. The molecule has 1 aromatic heterocycles. The Morgan fingerprint density at radius 3 is 2.67 bits per heavy atom. The molecule has 0 amide bonds. The van der Waals surface area contributed by atoms with Crippen LogP contribution in [0.1, 0.15) is 26.7 Å². The number of aromatic nitrogens is 3. The molecule has 0 saturated heterocycles. The van der Waals surface area contributed by atoms with Gasteiger partial charge in [-0.15, -0.1) is 0 Å². The van der Waals surface area contributed by atoms with Gasteiger partial charge in [-0.2, -0.15) is 15.0 Å². The van der Waals surface area contributed by atoms with E-state index in [9.17, 15) is 0 Å². The van der Waals surface area contributed by atoms with Gasteiger partial charge in [0.2, 0.25) is 11.9 Å². The normalized spacial score (nSPS) is 14.3. The van der Waals surface area contributed by atoms with Gasteiger partial charge in [-0.05, 0) is 32.6 Å². The van der Waals surface area contributed by atoms with E-state index in [-0.39, 0.29) is 6.10 Å². The van der Waals surface area contributed by atoms with Crippen LogP contribution in [0.4, 0.5) is 11.9 Å². The third-order valence-electron chi connectivity index (χ3n) is 3.13. The molecule has 0 unspecified atom stereocenters. The highest BCUT2D eigenvalue weighted by molar-refractivity contribution is 5.37. The molecule has 2 rings (SSSR count). The first-order valence-electron chi connectivity index (χ1n) is 7.48. The molecule has 1 heterocycles. The Labute approximate surface area is 126 Å². The van der Waals surface area contributed by atoms with Gasteiger partial charge in [0, 0.05) is 27.2 Å². The summed E-state index contributed by atoms with van der Waals surface area (Å²) in [6, 6.07) is 0.338. The highest BCUT2D eigenvalue weighted by atomic mass is 16.5. The molecule has 1 aliphatic carbocycles. The van der Waals surface area contributed by atoms with Crippen molar-refractivity contribution in [2.24, 2.45) is 5.92 Å². The Morgan fingerprint density at radius 2 is 2.05 bits per heavy atom. The van der Waals surface area contributed by atoms with Gasteiger partial charge in [0.15, 0.2) is 0 Å². The number of nitrogens with one attached hydrogen (secondary N) is 1. The fraction of sp³-hybridized carbons (Fsp3) is 0.786. The molecule has 1 saturated carbocycles. The molecule has 118 valence electrons. The van der Waals surface area contributed by atoms with Crippen LogP contribution in [0.2, 0.25) is 0 Å². The van der Waals surface area contributed by atoms with Crippen molar-refractivity contribution in [1.29, 1.82) is 0 Å². The fourth-order valence-electron chi connectivity index (χ4n) is 1.73. The first kappa shape index (κ1) is 15.8. The predicted molar refractivity (Wildman–Crippen MR) is 82.0 cm³/mol. The van der Waals surface area contributed by atoms with Crippen LogP contribution in [0, 0.1) is 5.92 Å². The highest BCUT2D eigenvalue weighted by Crippen LogP contribution is 2.28. The zero-order valence-electron chi connectivity index (χ0n) is 13.3. The van der Waals surface area contributed by atoms with Crippen LogP contribution in [-0.2, 0) is 4.74 Å². The van der Waals surface area contributed by atoms with Crippen LogP contribution < -0.4 is 15.0 Å². The largest absolute Gasteiger partial charge is 0.461 e. The Bertz CT molecular complexity index is 451. The van der Waals surface area contributed by atoms with E-state index in [2.05, 4.69) is 20.3 Å². The molecular weight excluding hydrogens is 270 g/mol. The van der Waals surface area contributed by atoms with Crippen molar-refractivity contribution in [2.45, 2.75) is 32.8 Å². The molecule has 1 fully saturated rings. The van der Waals surface area contributed by atoms with Crippen LogP contribution in [0.15, 0.2) is 0 Å². The summed E-state index contributed by atoms with van der Waals surface area (Å²) in [5.74, 6) is 1.87. The second kappa shape index (κ2) is 7.40. The maximum Gasteiger partial charge on any atom is 0.323 e. The summed E-state index contributed by atoms with van der Waals surface area (Å²) < 4.78 is 11.2. The number of hydrogen-bond acceptors (Lipinski definition) is 7. The van der Waals surface area contributed by atoms with Gasteiger partial charge >= 0.3 is 6.01 Å². The summed E-state index contributed by atoms with van der Waals surface area (Å²) >= 11 is 0. The van der Waals surface area contributed by atoms with Crippen molar-refractivity contribution in [1.82, 2.24) is 15.0 Å². The van der Waals surface area contributed by atoms with Crippen molar-refractivity contribution in [3.8, 4) is 6.01 Å². The van der Waals surface area contributed by atoms with E-state index >= 15 is 0 Å². The van der Waals surface area contributed by atoms with E-state index in [4.69, 9.17) is 9.47 Å². The van der Waals surface area contributed by atoms with Crippen molar-refractivity contribution in [3.05, 3.63) is 0 Å². The highest BCUT2D eigenvalue weighted by Gasteiger charge is 2.21. The zero-order chi connectivity index (χ0) is 15.2. The predicted octanol–water partition coefficient (Wildman–Crippen LogP) is 1.56. The summed E-state index contributed by atoms with van der Waals surface area (Å²) in [6.45, 7) is 6.17. The number of hydrogen-bond donors (Lipinski definition) is 1. The minimum atomic E-state index is 0.0251. The third kappa shape index (κ3) is 5.34. The molecule has 7 nitrogen and oxygen atoms in total. The number of anilines is 2.